The zero-order valence-electron chi connectivity index (χ0n) is 22.8. The summed E-state index contributed by atoms with van der Waals surface area (Å²) in [4.78, 5) is 37.7. The lowest BCUT2D eigenvalue weighted by Crippen LogP contribution is -2.46. The molecule has 0 spiro atoms. The van der Waals surface area contributed by atoms with Crippen molar-refractivity contribution in [1.29, 1.82) is 0 Å². The number of aliphatic imine (C=N–C) groups is 1. The largest absolute Gasteiger partial charge is 0.447 e. The van der Waals surface area contributed by atoms with Crippen molar-refractivity contribution in [3.63, 3.8) is 0 Å². The molecular formula is C29H30ClFN8O3. The average molecular weight is 593 g/mol. The van der Waals surface area contributed by atoms with Gasteiger partial charge in [0.1, 0.15) is 24.6 Å². The molecule has 3 amide bonds. The number of hydrogen-bond acceptors (Lipinski definition) is 8. The standard InChI is InChI=1S/C29H30ClFN8O3/c1-37(28(40)33-16-22-8-4-10-24(31)27(22)30)23(9-5-11-38-12-13-39-26(17-38)34-19-35-39)18-42-29(41)36-25-14-20-6-2-3-7-21(20)15-32-25/h2-4,6-8,10,12-15,17,19,23H,5,9,11,16,18H2,1H3,(H,33,40)(H,34,35)(H,32,36,41)/t23-/m0/s1. The number of amides is 3. The Labute approximate surface area is 247 Å². The zero-order valence-corrected chi connectivity index (χ0v) is 23.6. The lowest BCUT2D eigenvalue weighted by atomic mass is 10.1. The van der Waals surface area contributed by atoms with Crippen molar-refractivity contribution in [2.75, 3.05) is 25.5 Å². The number of hydrazine groups is 1. The van der Waals surface area contributed by atoms with Gasteiger partial charge < -0.3 is 19.9 Å². The lowest BCUT2D eigenvalue weighted by Gasteiger charge is -2.29. The summed E-state index contributed by atoms with van der Waals surface area (Å²) in [6, 6.07) is 13.0. The summed E-state index contributed by atoms with van der Waals surface area (Å²) in [5, 5.41) is 9.05. The monoisotopic (exact) mass is 592 g/mol. The predicted octanol–water partition coefficient (Wildman–Crippen LogP) is 5.00. The third-order valence-electron chi connectivity index (χ3n) is 6.88. The van der Waals surface area contributed by atoms with E-state index in [0.717, 1.165) is 16.6 Å². The number of nitrogens with zero attached hydrogens (tertiary/aromatic N) is 5. The van der Waals surface area contributed by atoms with Crippen molar-refractivity contribution in [3.05, 3.63) is 95.6 Å². The van der Waals surface area contributed by atoms with E-state index in [1.807, 2.05) is 47.8 Å². The van der Waals surface area contributed by atoms with Crippen LogP contribution in [-0.2, 0) is 11.3 Å². The van der Waals surface area contributed by atoms with Gasteiger partial charge in [-0.15, -0.1) is 0 Å². The van der Waals surface area contributed by atoms with Crippen molar-refractivity contribution < 1.29 is 18.7 Å². The lowest BCUT2D eigenvalue weighted by molar-refractivity contribution is 0.112. The van der Waals surface area contributed by atoms with E-state index in [1.54, 1.807) is 36.7 Å². The number of hydrogen-bond donors (Lipinski definition) is 3. The fourth-order valence-electron chi connectivity index (χ4n) is 4.49. The minimum atomic E-state index is -0.682. The normalized spacial score (nSPS) is 14.2. The van der Waals surface area contributed by atoms with Crippen LogP contribution in [0, 0.1) is 5.82 Å². The van der Waals surface area contributed by atoms with Crippen LogP contribution >= 0.6 is 11.6 Å². The van der Waals surface area contributed by atoms with E-state index in [-0.39, 0.29) is 18.2 Å². The van der Waals surface area contributed by atoms with Crippen LogP contribution in [0.1, 0.15) is 18.4 Å². The van der Waals surface area contributed by atoms with Gasteiger partial charge in [-0.25, -0.2) is 29.0 Å². The minimum Gasteiger partial charge on any atom is -0.447 e. The summed E-state index contributed by atoms with van der Waals surface area (Å²) in [5.41, 5.74) is 3.44. The molecule has 0 fully saturated rings. The molecule has 0 aliphatic carbocycles. The summed E-state index contributed by atoms with van der Waals surface area (Å²) in [6.07, 6.45) is 9.50. The molecule has 3 N–H and O–H groups in total. The first kappa shape index (κ1) is 28.7. The van der Waals surface area contributed by atoms with E-state index in [1.165, 1.54) is 17.0 Å². The van der Waals surface area contributed by atoms with Gasteiger partial charge in [-0.2, -0.15) is 0 Å². The van der Waals surface area contributed by atoms with Crippen LogP contribution in [0.5, 0.6) is 0 Å². The molecule has 0 unspecified atom stereocenters. The van der Waals surface area contributed by atoms with Crippen molar-refractivity contribution in [2.45, 2.75) is 25.4 Å². The number of carbonyl (C=O) groups is 2. The Morgan fingerprint density at radius 2 is 2.00 bits per heavy atom. The third kappa shape index (κ3) is 7.07. The number of nitrogens with one attached hydrogen (secondary N) is 3. The molecule has 3 heterocycles. The van der Waals surface area contributed by atoms with Crippen LogP contribution < -0.4 is 16.1 Å². The van der Waals surface area contributed by atoms with Crippen molar-refractivity contribution in [3.8, 4) is 0 Å². The highest BCUT2D eigenvalue weighted by molar-refractivity contribution is 6.31. The number of likely N-dealkylation sites (N-methyl/N-ethyl adjacent to an activating group) is 1. The van der Waals surface area contributed by atoms with Gasteiger partial charge in [0.25, 0.3) is 0 Å². The SMILES string of the molecule is CN(C(=O)NCc1cccc(F)c1Cl)[C@@H](CCCN1C=CN2NC=NC2=C1)COC(=O)Nc1cc2ccccc2cn1. The number of aromatic nitrogens is 1. The van der Waals surface area contributed by atoms with Gasteiger partial charge in [0, 0.05) is 50.3 Å². The molecule has 42 heavy (non-hydrogen) atoms. The number of ether oxygens (including phenoxy) is 1. The van der Waals surface area contributed by atoms with Crippen LogP contribution in [0.25, 0.3) is 10.8 Å². The van der Waals surface area contributed by atoms with Gasteiger partial charge in [-0.05, 0) is 35.9 Å². The van der Waals surface area contributed by atoms with Crippen LogP contribution in [-0.4, -0.2) is 64.5 Å². The van der Waals surface area contributed by atoms with Crippen LogP contribution in [0.3, 0.4) is 0 Å². The fourth-order valence-corrected chi connectivity index (χ4v) is 4.69. The highest BCUT2D eigenvalue weighted by atomic mass is 35.5. The second kappa shape index (κ2) is 13.2. The Hall–Kier alpha value is -4.84. The Balaban J connectivity index is 1.19. The molecule has 11 nitrogen and oxygen atoms in total. The smallest absolute Gasteiger partial charge is 0.412 e. The van der Waals surface area contributed by atoms with Gasteiger partial charge >= 0.3 is 12.1 Å². The number of rotatable bonds is 10. The van der Waals surface area contributed by atoms with E-state index >= 15 is 0 Å². The molecular weight excluding hydrogens is 563 g/mol. The first-order valence-electron chi connectivity index (χ1n) is 13.3. The van der Waals surface area contributed by atoms with E-state index in [9.17, 15) is 14.0 Å². The molecule has 1 aromatic heterocycles. The average Bonchev–Trinajstić information content (AvgIpc) is 3.47. The van der Waals surface area contributed by atoms with E-state index in [0.29, 0.717) is 30.8 Å². The number of anilines is 1. The Morgan fingerprint density at radius 1 is 1.17 bits per heavy atom. The summed E-state index contributed by atoms with van der Waals surface area (Å²) in [6.45, 7) is 0.642. The predicted molar refractivity (Wildman–Crippen MR) is 159 cm³/mol. The Morgan fingerprint density at radius 3 is 2.86 bits per heavy atom. The van der Waals surface area contributed by atoms with Crippen LogP contribution in [0.4, 0.5) is 19.8 Å². The van der Waals surface area contributed by atoms with Crippen LogP contribution in [0.2, 0.25) is 5.02 Å². The Bertz CT molecular complexity index is 1550. The number of carbonyl (C=O) groups excluding carboxylic acids is 2. The van der Waals surface area contributed by atoms with E-state index in [2.05, 4.69) is 26.0 Å². The molecule has 0 radical (unpaired) electrons. The highest BCUT2D eigenvalue weighted by Crippen LogP contribution is 2.20. The summed E-state index contributed by atoms with van der Waals surface area (Å²) < 4.78 is 19.4. The summed E-state index contributed by atoms with van der Waals surface area (Å²) in [5.74, 6) is 0.569. The summed E-state index contributed by atoms with van der Waals surface area (Å²) in [7, 11) is 1.62. The first-order chi connectivity index (χ1) is 20.4. The van der Waals surface area contributed by atoms with Gasteiger partial charge in [0.2, 0.25) is 0 Å². The minimum absolute atomic E-state index is 0.0385. The number of urea groups is 1. The number of benzene rings is 2. The maximum absolute atomic E-state index is 13.8. The fraction of sp³-hybridized carbons (Fsp3) is 0.241. The zero-order chi connectivity index (χ0) is 29.5. The highest BCUT2D eigenvalue weighted by Gasteiger charge is 2.23. The second-order valence-electron chi connectivity index (χ2n) is 9.70. The molecule has 13 heteroatoms. The van der Waals surface area contributed by atoms with Crippen molar-refractivity contribution in [1.82, 2.24) is 30.5 Å². The van der Waals surface area contributed by atoms with Gasteiger partial charge in [0.05, 0.1) is 11.1 Å². The molecule has 5 rings (SSSR count). The number of pyridine rings is 1. The van der Waals surface area contributed by atoms with Crippen LogP contribution in [0.15, 0.2) is 84.1 Å². The number of halogens is 2. The maximum atomic E-state index is 13.8. The molecule has 2 aliphatic rings. The maximum Gasteiger partial charge on any atom is 0.412 e. The molecule has 2 aliphatic heterocycles. The third-order valence-corrected chi connectivity index (χ3v) is 7.30. The molecule has 1 atom stereocenters. The number of fused-ring (bicyclic) bond motifs is 2. The molecule has 0 saturated heterocycles. The molecule has 0 saturated carbocycles. The second-order valence-corrected chi connectivity index (χ2v) is 10.1. The Kier molecular flexibility index (Phi) is 9.02. The van der Waals surface area contributed by atoms with Crippen molar-refractivity contribution >= 4 is 46.7 Å². The first-order valence-corrected chi connectivity index (χ1v) is 13.7. The molecule has 218 valence electrons. The van der Waals surface area contributed by atoms with Gasteiger partial charge in [-0.1, -0.05) is 48.0 Å². The molecule has 0 bridgehead atoms. The van der Waals surface area contributed by atoms with E-state index < -0.39 is 24.0 Å². The molecule has 2 aromatic carbocycles. The molecule has 3 aromatic rings. The quantitative estimate of drug-likeness (QED) is 0.303. The van der Waals surface area contributed by atoms with E-state index in [4.69, 9.17) is 16.3 Å². The topological polar surface area (TPSA) is 114 Å². The van der Waals surface area contributed by atoms with Gasteiger partial charge in [-0.3, -0.25) is 10.7 Å². The van der Waals surface area contributed by atoms with Gasteiger partial charge in [0.15, 0.2) is 5.82 Å². The summed E-state index contributed by atoms with van der Waals surface area (Å²) >= 11 is 6.04. The van der Waals surface area contributed by atoms with Crippen molar-refractivity contribution in [2.24, 2.45) is 4.99 Å².